The number of fused-ring (bicyclic) bond motifs is 1. The fourth-order valence-corrected chi connectivity index (χ4v) is 1.74. The first-order valence-electron chi connectivity index (χ1n) is 3.38. The monoisotopic (exact) mass is 218 g/mol. The van der Waals surface area contributed by atoms with E-state index in [4.69, 9.17) is 5.11 Å². The summed E-state index contributed by atoms with van der Waals surface area (Å²) in [6.45, 7) is 0. The zero-order valence-electron chi connectivity index (χ0n) is 6.51. The third kappa shape index (κ3) is 1.99. The van der Waals surface area contributed by atoms with E-state index in [1.165, 1.54) is 11.3 Å². The number of halogens is 1. The van der Waals surface area contributed by atoms with Crippen LogP contribution < -0.4 is 0 Å². The molecule has 0 aliphatic rings. The minimum Gasteiger partial charge on any atom is -0.481 e. The Hall–Kier alpha value is -1.07. The third-order valence-electron chi connectivity index (χ3n) is 1.48. The van der Waals surface area contributed by atoms with Gasteiger partial charge in [0.1, 0.15) is 0 Å². The Morgan fingerprint density at radius 3 is 3.08 bits per heavy atom. The van der Waals surface area contributed by atoms with Gasteiger partial charge in [-0.1, -0.05) is 0 Å². The Bertz CT molecular complexity index is 394. The molecule has 0 atom stereocenters. The highest BCUT2D eigenvalue weighted by molar-refractivity contribution is 7.15. The van der Waals surface area contributed by atoms with Gasteiger partial charge in [-0.2, -0.15) is 0 Å². The zero-order valence-corrected chi connectivity index (χ0v) is 8.14. The standard InChI is InChI=1S/C7H6N2O2S.ClH/c10-6(11)3-5-4-9-1-2-12-7(9)8-5;/h1-2,4H,3H2,(H,10,11);1H. The van der Waals surface area contributed by atoms with E-state index >= 15 is 0 Å². The van der Waals surface area contributed by atoms with E-state index in [2.05, 4.69) is 4.98 Å². The van der Waals surface area contributed by atoms with Crippen molar-refractivity contribution >= 4 is 34.7 Å². The van der Waals surface area contributed by atoms with Gasteiger partial charge in [-0.05, 0) is 0 Å². The molecule has 0 fully saturated rings. The molecular weight excluding hydrogens is 212 g/mol. The molecule has 70 valence electrons. The molecule has 13 heavy (non-hydrogen) atoms. The highest BCUT2D eigenvalue weighted by Gasteiger charge is 2.05. The van der Waals surface area contributed by atoms with Crippen LogP contribution in [0.5, 0.6) is 0 Å². The van der Waals surface area contributed by atoms with Crippen molar-refractivity contribution < 1.29 is 9.90 Å². The Labute approximate surface area is 84.2 Å². The number of nitrogens with zero attached hydrogens (tertiary/aromatic N) is 2. The number of imidazole rings is 1. The molecule has 2 aromatic rings. The number of carboxylic acids is 1. The lowest BCUT2D eigenvalue weighted by Crippen LogP contribution is -1.99. The predicted octanol–water partition coefficient (Wildman–Crippen LogP) is 1.44. The molecule has 2 aromatic heterocycles. The minimum atomic E-state index is -0.847. The van der Waals surface area contributed by atoms with Gasteiger partial charge in [0.05, 0.1) is 12.1 Å². The number of carboxylic acid groups (broad SMARTS) is 1. The van der Waals surface area contributed by atoms with E-state index in [1.807, 2.05) is 16.0 Å². The third-order valence-corrected chi connectivity index (χ3v) is 2.25. The molecule has 2 rings (SSSR count). The van der Waals surface area contributed by atoms with E-state index in [-0.39, 0.29) is 18.8 Å². The van der Waals surface area contributed by atoms with E-state index in [9.17, 15) is 4.79 Å². The van der Waals surface area contributed by atoms with Crippen LogP contribution in [0.3, 0.4) is 0 Å². The van der Waals surface area contributed by atoms with Crippen molar-refractivity contribution in [3.63, 3.8) is 0 Å². The minimum absolute atomic E-state index is 0. The van der Waals surface area contributed by atoms with Crippen molar-refractivity contribution in [1.82, 2.24) is 9.38 Å². The van der Waals surface area contributed by atoms with Gasteiger partial charge in [0.2, 0.25) is 0 Å². The second-order valence-electron chi connectivity index (χ2n) is 2.40. The van der Waals surface area contributed by atoms with Crippen molar-refractivity contribution in [3.8, 4) is 0 Å². The van der Waals surface area contributed by atoms with Crippen molar-refractivity contribution in [2.75, 3.05) is 0 Å². The Balaban J connectivity index is 0.000000845. The maximum Gasteiger partial charge on any atom is 0.309 e. The summed E-state index contributed by atoms with van der Waals surface area (Å²) >= 11 is 1.49. The normalized spacial score (nSPS) is 9.85. The molecule has 0 unspecified atom stereocenters. The summed E-state index contributed by atoms with van der Waals surface area (Å²) in [4.78, 5) is 15.3. The van der Waals surface area contributed by atoms with E-state index in [0.717, 1.165) is 4.96 Å². The highest BCUT2D eigenvalue weighted by Crippen LogP contribution is 2.11. The van der Waals surface area contributed by atoms with Crippen LogP contribution in [0.4, 0.5) is 0 Å². The Morgan fingerprint density at radius 2 is 2.46 bits per heavy atom. The van der Waals surface area contributed by atoms with Crippen LogP contribution in [-0.2, 0) is 11.2 Å². The van der Waals surface area contributed by atoms with Crippen LogP contribution in [0, 0.1) is 0 Å². The van der Waals surface area contributed by atoms with Gasteiger partial charge in [0.15, 0.2) is 4.96 Å². The number of thiazole rings is 1. The van der Waals surface area contributed by atoms with Crippen LogP contribution in [0.25, 0.3) is 4.96 Å². The summed E-state index contributed by atoms with van der Waals surface area (Å²) in [7, 11) is 0. The number of hydrogen-bond donors (Lipinski definition) is 1. The quantitative estimate of drug-likeness (QED) is 0.830. The van der Waals surface area contributed by atoms with Crippen LogP contribution >= 0.6 is 23.7 Å². The summed E-state index contributed by atoms with van der Waals surface area (Å²) in [5.74, 6) is -0.847. The van der Waals surface area contributed by atoms with Gasteiger partial charge in [-0.25, -0.2) is 4.98 Å². The van der Waals surface area contributed by atoms with Gasteiger partial charge in [0.25, 0.3) is 0 Å². The average Bonchev–Trinajstić information content (AvgIpc) is 2.43. The average molecular weight is 219 g/mol. The highest BCUT2D eigenvalue weighted by atomic mass is 35.5. The van der Waals surface area contributed by atoms with E-state index in [0.29, 0.717) is 5.69 Å². The fraction of sp³-hybridized carbons (Fsp3) is 0.143. The van der Waals surface area contributed by atoms with Gasteiger partial charge in [0, 0.05) is 17.8 Å². The lowest BCUT2D eigenvalue weighted by Gasteiger charge is -1.84. The summed E-state index contributed by atoms with van der Waals surface area (Å²) in [5, 5.41) is 10.4. The van der Waals surface area contributed by atoms with Crippen molar-refractivity contribution in [2.45, 2.75) is 6.42 Å². The second kappa shape index (κ2) is 3.76. The maximum absolute atomic E-state index is 10.3. The summed E-state index contributed by atoms with van der Waals surface area (Å²) in [5.41, 5.74) is 0.606. The SMILES string of the molecule is Cl.O=C(O)Cc1cn2ccsc2n1. The number of rotatable bonds is 2. The molecule has 0 saturated heterocycles. The first kappa shape index (κ1) is 10.0. The smallest absolute Gasteiger partial charge is 0.309 e. The first-order chi connectivity index (χ1) is 5.75. The zero-order chi connectivity index (χ0) is 8.55. The first-order valence-corrected chi connectivity index (χ1v) is 4.26. The largest absolute Gasteiger partial charge is 0.481 e. The molecule has 1 N–H and O–H groups in total. The van der Waals surface area contributed by atoms with Crippen LogP contribution in [0.1, 0.15) is 5.69 Å². The molecule has 0 radical (unpaired) electrons. The van der Waals surface area contributed by atoms with Gasteiger partial charge < -0.3 is 5.11 Å². The predicted molar refractivity (Wildman–Crippen MR) is 51.7 cm³/mol. The molecule has 0 spiro atoms. The van der Waals surface area contributed by atoms with Crippen LogP contribution in [0.2, 0.25) is 0 Å². The molecule has 0 bridgehead atoms. The number of hydrogen-bond acceptors (Lipinski definition) is 3. The summed E-state index contributed by atoms with van der Waals surface area (Å²) in [6, 6.07) is 0. The fourth-order valence-electron chi connectivity index (χ4n) is 1.02. The van der Waals surface area contributed by atoms with Gasteiger partial charge >= 0.3 is 5.97 Å². The molecule has 0 aromatic carbocycles. The van der Waals surface area contributed by atoms with E-state index < -0.39 is 5.97 Å². The number of carbonyl (C=O) groups is 1. The number of aromatic nitrogens is 2. The van der Waals surface area contributed by atoms with Crippen molar-refractivity contribution in [3.05, 3.63) is 23.5 Å². The molecular formula is C7H7ClN2O2S. The molecule has 0 saturated carbocycles. The molecule has 2 heterocycles. The lowest BCUT2D eigenvalue weighted by atomic mass is 10.3. The molecule has 0 aliphatic heterocycles. The molecule has 4 nitrogen and oxygen atoms in total. The van der Waals surface area contributed by atoms with Crippen molar-refractivity contribution in [1.29, 1.82) is 0 Å². The Morgan fingerprint density at radius 1 is 1.69 bits per heavy atom. The van der Waals surface area contributed by atoms with E-state index in [1.54, 1.807) is 6.20 Å². The maximum atomic E-state index is 10.3. The van der Waals surface area contributed by atoms with Crippen molar-refractivity contribution in [2.24, 2.45) is 0 Å². The summed E-state index contributed by atoms with van der Waals surface area (Å²) in [6.07, 6.45) is 3.59. The van der Waals surface area contributed by atoms with Gasteiger partial charge in [-0.3, -0.25) is 9.20 Å². The van der Waals surface area contributed by atoms with Crippen LogP contribution in [-0.4, -0.2) is 20.5 Å². The summed E-state index contributed by atoms with van der Waals surface area (Å²) < 4.78 is 1.82. The molecule has 0 aliphatic carbocycles. The Kier molecular flexibility index (Phi) is 2.90. The molecule has 6 heteroatoms. The van der Waals surface area contributed by atoms with Gasteiger partial charge in [-0.15, -0.1) is 23.7 Å². The topological polar surface area (TPSA) is 54.6 Å². The number of aliphatic carboxylic acids is 1. The lowest BCUT2D eigenvalue weighted by molar-refractivity contribution is -0.136. The van der Waals surface area contributed by atoms with Crippen LogP contribution in [0.15, 0.2) is 17.8 Å². The molecule has 0 amide bonds. The second-order valence-corrected chi connectivity index (χ2v) is 3.27.